The van der Waals surface area contributed by atoms with Gasteiger partial charge in [-0.3, -0.25) is 9.59 Å². The Morgan fingerprint density at radius 3 is 2.46 bits per heavy atom. The highest BCUT2D eigenvalue weighted by molar-refractivity contribution is 6.07. The number of hydrogen-bond donors (Lipinski definition) is 1. The van der Waals surface area contributed by atoms with Crippen molar-refractivity contribution in [3.63, 3.8) is 0 Å². The van der Waals surface area contributed by atoms with E-state index in [0.29, 0.717) is 36.7 Å². The van der Waals surface area contributed by atoms with Crippen molar-refractivity contribution in [1.29, 1.82) is 0 Å². The fourth-order valence-corrected chi connectivity index (χ4v) is 5.68. The lowest BCUT2D eigenvalue weighted by Crippen LogP contribution is -2.71. The summed E-state index contributed by atoms with van der Waals surface area (Å²) in [6.45, 7) is 3.74. The standard InChI is InChI=1S/C25H29F3N6O3/c1-13-14(2)31-21(19(30-13)20(35)23-10-24(11-23,12-23)25(26,27)28)32-22(36)15-5-6-37-17(7-15)16-8-18(34(3)4)33-29-9-16/h8-9,15,17H,5-7,10-12H2,1-4H3,(H,31,32,36). The first-order chi connectivity index (χ1) is 17.3. The molecule has 2 unspecified atom stereocenters. The number of alkyl halides is 3. The van der Waals surface area contributed by atoms with Gasteiger partial charge in [-0.15, -0.1) is 5.10 Å². The zero-order valence-electron chi connectivity index (χ0n) is 21.1. The van der Waals surface area contributed by atoms with Gasteiger partial charge < -0.3 is 15.0 Å². The maximum Gasteiger partial charge on any atom is 0.394 e. The highest BCUT2D eigenvalue weighted by Crippen LogP contribution is 2.79. The summed E-state index contributed by atoms with van der Waals surface area (Å²) in [7, 11) is 3.70. The molecule has 2 aromatic rings. The molecule has 0 spiro atoms. The number of carbonyl (C=O) groups is 2. The summed E-state index contributed by atoms with van der Waals surface area (Å²) in [5.74, 6) is -0.563. The molecule has 4 fully saturated rings. The van der Waals surface area contributed by atoms with Crippen LogP contribution in [-0.4, -0.2) is 58.7 Å². The topological polar surface area (TPSA) is 110 Å². The quantitative estimate of drug-likeness (QED) is 0.572. The van der Waals surface area contributed by atoms with Gasteiger partial charge in [0.25, 0.3) is 0 Å². The largest absolute Gasteiger partial charge is 0.394 e. The number of ether oxygens (including phenoxy) is 1. The van der Waals surface area contributed by atoms with Gasteiger partial charge in [-0.05, 0) is 52.0 Å². The highest BCUT2D eigenvalue weighted by atomic mass is 19.4. The third kappa shape index (κ3) is 4.24. The molecule has 1 saturated heterocycles. The second-order valence-electron chi connectivity index (χ2n) is 10.8. The maximum absolute atomic E-state index is 13.4. The van der Waals surface area contributed by atoms with E-state index in [0.717, 1.165) is 5.56 Å². The number of ketones is 1. The zero-order chi connectivity index (χ0) is 26.8. The minimum atomic E-state index is -4.32. The molecule has 2 bridgehead atoms. The predicted octanol–water partition coefficient (Wildman–Crippen LogP) is 3.97. The van der Waals surface area contributed by atoms with Gasteiger partial charge in [-0.2, -0.15) is 18.3 Å². The third-order valence-electron chi connectivity index (χ3n) is 8.02. The van der Waals surface area contributed by atoms with Gasteiger partial charge in [0.1, 0.15) is 5.69 Å². The zero-order valence-corrected chi connectivity index (χ0v) is 21.1. The molecule has 0 aromatic carbocycles. The second-order valence-corrected chi connectivity index (χ2v) is 10.8. The molecule has 3 heterocycles. The monoisotopic (exact) mass is 518 g/mol. The molecule has 2 aromatic heterocycles. The van der Waals surface area contributed by atoms with Gasteiger partial charge in [-0.1, -0.05) is 0 Å². The molecule has 3 aliphatic carbocycles. The Kier molecular flexibility index (Phi) is 6.00. The Morgan fingerprint density at radius 2 is 1.81 bits per heavy atom. The fourth-order valence-electron chi connectivity index (χ4n) is 5.68. The van der Waals surface area contributed by atoms with Gasteiger partial charge in [0.05, 0.1) is 29.1 Å². The SMILES string of the molecule is Cc1nc(NC(=O)C2CCOC(c3cnnc(N(C)C)c3)C2)c(C(=O)C23CC(C(F)(F)F)(C2)C3)nc1C. The molecular formula is C25H29F3N6O3. The van der Waals surface area contributed by atoms with Gasteiger partial charge >= 0.3 is 6.18 Å². The number of nitrogens with zero attached hydrogens (tertiary/aromatic N) is 5. The molecule has 37 heavy (non-hydrogen) atoms. The van der Waals surface area contributed by atoms with E-state index in [2.05, 4.69) is 25.5 Å². The fraction of sp³-hybridized carbons (Fsp3) is 0.600. The minimum absolute atomic E-state index is 0.00685. The lowest BCUT2D eigenvalue weighted by atomic mass is 9.33. The second kappa shape index (κ2) is 8.71. The van der Waals surface area contributed by atoms with Crippen molar-refractivity contribution in [2.24, 2.45) is 16.7 Å². The first-order valence-electron chi connectivity index (χ1n) is 12.2. The molecule has 3 saturated carbocycles. The van der Waals surface area contributed by atoms with Crippen molar-refractivity contribution in [3.05, 3.63) is 34.9 Å². The maximum atomic E-state index is 13.4. The molecule has 6 rings (SSSR count). The number of carbonyl (C=O) groups excluding carboxylic acids is 2. The molecule has 0 radical (unpaired) electrons. The van der Waals surface area contributed by atoms with Crippen LogP contribution in [0.1, 0.15) is 65.6 Å². The molecule has 1 N–H and O–H groups in total. The van der Waals surface area contributed by atoms with Crippen molar-refractivity contribution < 1.29 is 27.5 Å². The van der Waals surface area contributed by atoms with Crippen molar-refractivity contribution in [3.8, 4) is 0 Å². The number of anilines is 2. The van der Waals surface area contributed by atoms with E-state index in [-0.39, 0.29) is 42.8 Å². The number of hydrogen-bond acceptors (Lipinski definition) is 8. The van der Waals surface area contributed by atoms with Crippen molar-refractivity contribution >= 4 is 23.3 Å². The lowest BCUT2D eigenvalue weighted by molar-refractivity contribution is -0.346. The average molecular weight is 519 g/mol. The van der Waals surface area contributed by atoms with E-state index in [1.807, 2.05) is 25.1 Å². The van der Waals surface area contributed by atoms with E-state index in [1.165, 1.54) is 0 Å². The van der Waals surface area contributed by atoms with Crippen LogP contribution in [0.5, 0.6) is 0 Å². The molecule has 2 atom stereocenters. The number of Topliss-reactive ketones (excluding diaryl/α,β-unsaturated/α-hetero) is 1. The predicted molar refractivity (Wildman–Crippen MR) is 127 cm³/mol. The van der Waals surface area contributed by atoms with Crippen LogP contribution in [0.2, 0.25) is 0 Å². The van der Waals surface area contributed by atoms with Crippen LogP contribution >= 0.6 is 0 Å². The van der Waals surface area contributed by atoms with Crippen LogP contribution in [0.4, 0.5) is 24.8 Å². The van der Waals surface area contributed by atoms with Gasteiger partial charge in [0, 0.05) is 37.6 Å². The third-order valence-corrected chi connectivity index (χ3v) is 8.02. The summed E-state index contributed by atoms with van der Waals surface area (Å²) < 4.78 is 45.9. The number of amides is 1. The minimum Gasteiger partial charge on any atom is -0.373 e. The van der Waals surface area contributed by atoms with Crippen LogP contribution in [0.25, 0.3) is 0 Å². The average Bonchev–Trinajstić information content (AvgIpc) is 2.78. The van der Waals surface area contributed by atoms with E-state index >= 15 is 0 Å². The van der Waals surface area contributed by atoms with Crippen molar-refractivity contribution in [2.45, 2.75) is 58.2 Å². The molecule has 1 amide bonds. The van der Waals surface area contributed by atoms with Gasteiger partial charge in [0.15, 0.2) is 17.4 Å². The molecule has 9 nitrogen and oxygen atoms in total. The number of nitrogens with one attached hydrogen (secondary N) is 1. The van der Waals surface area contributed by atoms with E-state index in [1.54, 1.807) is 20.0 Å². The van der Waals surface area contributed by atoms with E-state index in [4.69, 9.17) is 4.74 Å². The van der Waals surface area contributed by atoms with Crippen LogP contribution in [0, 0.1) is 30.6 Å². The summed E-state index contributed by atoms with van der Waals surface area (Å²) >= 11 is 0. The van der Waals surface area contributed by atoms with Gasteiger partial charge in [-0.25, -0.2) is 9.97 Å². The number of aryl methyl sites for hydroxylation is 2. The van der Waals surface area contributed by atoms with Crippen LogP contribution in [-0.2, 0) is 9.53 Å². The van der Waals surface area contributed by atoms with Crippen molar-refractivity contribution in [2.75, 3.05) is 30.9 Å². The Morgan fingerprint density at radius 1 is 1.14 bits per heavy atom. The lowest BCUT2D eigenvalue weighted by Gasteiger charge is -2.69. The summed E-state index contributed by atoms with van der Waals surface area (Å²) in [5.41, 5.74) is -1.07. The molecule has 4 aliphatic rings. The molecular weight excluding hydrogens is 489 g/mol. The van der Waals surface area contributed by atoms with Crippen LogP contribution in [0.3, 0.4) is 0 Å². The molecule has 1 aliphatic heterocycles. The number of rotatable bonds is 6. The Bertz CT molecular complexity index is 1240. The molecule has 198 valence electrons. The number of halogens is 3. The first-order valence-corrected chi connectivity index (χ1v) is 12.2. The van der Waals surface area contributed by atoms with Gasteiger partial charge in [0.2, 0.25) is 5.91 Å². The first kappa shape index (κ1) is 25.5. The van der Waals surface area contributed by atoms with Crippen molar-refractivity contribution in [1.82, 2.24) is 20.2 Å². The normalized spacial score (nSPS) is 28.6. The van der Waals surface area contributed by atoms with E-state index in [9.17, 15) is 22.8 Å². The Labute approximate surface area is 212 Å². The number of aromatic nitrogens is 4. The van der Waals surface area contributed by atoms with Crippen LogP contribution in [0.15, 0.2) is 12.3 Å². The smallest absolute Gasteiger partial charge is 0.373 e. The summed E-state index contributed by atoms with van der Waals surface area (Å²) in [4.78, 5) is 37.2. The Hall–Kier alpha value is -3.15. The summed E-state index contributed by atoms with van der Waals surface area (Å²) in [5, 5.41) is 10.9. The highest BCUT2D eigenvalue weighted by Gasteiger charge is 2.81. The Balaban J connectivity index is 1.33. The molecule has 12 heteroatoms. The summed E-state index contributed by atoms with van der Waals surface area (Å²) in [6, 6.07) is 1.86. The van der Waals surface area contributed by atoms with Crippen LogP contribution < -0.4 is 10.2 Å². The summed E-state index contributed by atoms with van der Waals surface area (Å²) in [6.07, 6.45) is -2.91. The van der Waals surface area contributed by atoms with E-state index < -0.39 is 28.7 Å².